The Morgan fingerprint density at radius 1 is 1.40 bits per heavy atom. The van der Waals surface area contributed by atoms with Gasteiger partial charge < -0.3 is 18.1 Å². The summed E-state index contributed by atoms with van der Waals surface area (Å²) in [6.07, 6.45) is 0. The first-order chi connectivity index (χ1) is 4.81. The molecular weight excluding hydrogens is 179 g/mol. The molecule has 0 bridgehead atoms. The van der Waals surface area contributed by atoms with Gasteiger partial charge in [-0.3, -0.25) is 0 Å². The molecule has 0 spiro atoms. The molecule has 10 heavy (non-hydrogen) atoms. The summed E-state index contributed by atoms with van der Waals surface area (Å²) >= 11 is -0.639. The van der Waals surface area contributed by atoms with Gasteiger partial charge in [0, 0.05) is 0 Å². The maximum absolute atomic E-state index is 4.90. The largest absolute Gasteiger partial charge is 0.618 e. The van der Waals surface area contributed by atoms with Crippen molar-refractivity contribution < 1.29 is 0 Å². The zero-order valence-electron chi connectivity index (χ0n) is 5.77. The van der Waals surface area contributed by atoms with E-state index in [0.717, 1.165) is 0 Å². The van der Waals surface area contributed by atoms with Crippen molar-refractivity contribution in [1.82, 2.24) is 0 Å². The molecule has 0 aliphatic heterocycles. The van der Waals surface area contributed by atoms with Crippen LogP contribution in [0.1, 0.15) is 5.56 Å². The average molecular weight is 186 g/mol. The zero-order chi connectivity index (χ0) is 7.82. The highest BCUT2D eigenvalue weighted by Crippen LogP contribution is 1.90. The molecule has 0 saturated heterocycles. The van der Waals surface area contributed by atoms with Crippen molar-refractivity contribution >= 4 is 36.3 Å². The van der Waals surface area contributed by atoms with Gasteiger partial charge in [0.05, 0.1) is 0 Å². The first kappa shape index (κ1) is 10.6. The SMILES string of the molecule is Cc1[c]cccc1.[Cl][Mg][Cl]. The summed E-state index contributed by atoms with van der Waals surface area (Å²) < 4.78 is 0. The Bertz CT molecular complexity index is 153. The number of rotatable bonds is 0. The Morgan fingerprint density at radius 2 is 2.00 bits per heavy atom. The summed E-state index contributed by atoms with van der Waals surface area (Å²) in [5.74, 6) is 0. The smallest absolute Gasteiger partial charge is 0.309 e. The maximum Gasteiger partial charge on any atom is 0.618 e. The lowest BCUT2D eigenvalue weighted by Gasteiger charge is -1.81. The Morgan fingerprint density at radius 3 is 2.20 bits per heavy atom. The highest BCUT2D eigenvalue weighted by atomic mass is 35.6. The van der Waals surface area contributed by atoms with Crippen molar-refractivity contribution in [2.24, 2.45) is 0 Å². The number of aryl methyl sites for hydroxylation is 1. The topological polar surface area (TPSA) is 0 Å². The number of hydrogen-bond donors (Lipinski definition) is 0. The summed E-state index contributed by atoms with van der Waals surface area (Å²) in [7, 11) is 9.81. The Balaban J connectivity index is 0.000000236. The Kier molecular flexibility index (Phi) is 8.11. The summed E-state index contributed by atoms with van der Waals surface area (Å²) in [6.45, 7) is 2.03. The third kappa shape index (κ3) is 6.68. The molecule has 0 saturated carbocycles. The van der Waals surface area contributed by atoms with E-state index >= 15 is 0 Å². The van der Waals surface area contributed by atoms with Gasteiger partial charge in [0.25, 0.3) is 0 Å². The highest BCUT2D eigenvalue weighted by molar-refractivity contribution is 7.22. The van der Waals surface area contributed by atoms with Crippen LogP contribution in [0.3, 0.4) is 0 Å². The van der Waals surface area contributed by atoms with Crippen LogP contribution in [0.5, 0.6) is 0 Å². The fraction of sp³-hybridized carbons (Fsp3) is 0.143. The van der Waals surface area contributed by atoms with E-state index in [1.54, 1.807) is 0 Å². The molecular formula is C7H7Cl2Mg. The third-order valence-corrected chi connectivity index (χ3v) is 0.865. The van der Waals surface area contributed by atoms with Gasteiger partial charge in [-0.2, -0.15) is 0 Å². The fourth-order valence-corrected chi connectivity index (χ4v) is 0.483. The minimum Gasteiger partial charge on any atom is -0.309 e. The lowest BCUT2D eigenvalue weighted by Crippen LogP contribution is -1.63. The molecule has 0 fully saturated rings. The van der Waals surface area contributed by atoms with E-state index in [1.807, 2.05) is 31.2 Å². The molecule has 0 amide bonds. The Labute approximate surface area is 78.8 Å². The molecule has 51 valence electrons. The van der Waals surface area contributed by atoms with Crippen LogP contribution in [0, 0.1) is 13.0 Å². The number of hydrogen-bond acceptors (Lipinski definition) is 0. The van der Waals surface area contributed by atoms with Crippen molar-refractivity contribution in [3.8, 4) is 0 Å². The number of halogens is 2. The summed E-state index contributed by atoms with van der Waals surface area (Å²) in [5, 5.41) is 0. The zero-order valence-corrected chi connectivity index (χ0v) is 8.70. The quantitative estimate of drug-likeness (QED) is 0.547. The molecule has 0 nitrogen and oxygen atoms in total. The van der Waals surface area contributed by atoms with Crippen LogP contribution in [0.25, 0.3) is 0 Å². The molecule has 1 radical (unpaired) electrons. The van der Waals surface area contributed by atoms with E-state index in [-0.39, 0.29) is 0 Å². The van der Waals surface area contributed by atoms with Crippen molar-refractivity contribution in [2.45, 2.75) is 6.92 Å². The summed E-state index contributed by atoms with van der Waals surface area (Å²) in [6, 6.07) is 10.9. The van der Waals surface area contributed by atoms with E-state index in [4.69, 9.17) is 18.1 Å². The normalized spacial score (nSPS) is 7.10. The average Bonchev–Trinajstić information content (AvgIpc) is 1.91. The summed E-state index contributed by atoms with van der Waals surface area (Å²) in [4.78, 5) is 0. The molecule has 0 aliphatic rings. The predicted molar refractivity (Wildman–Crippen MR) is 47.5 cm³/mol. The van der Waals surface area contributed by atoms with Crippen molar-refractivity contribution in [3.63, 3.8) is 0 Å². The van der Waals surface area contributed by atoms with Crippen molar-refractivity contribution in [1.29, 1.82) is 0 Å². The van der Waals surface area contributed by atoms with E-state index in [1.165, 1.54) is 5.56 Å². The lowest BCUT2D eigenvalue weighted by atomic mass is 10.2. The predicted octanol–water partition coefficient (Wildman–Crippen LogP) is 2.79. The molecule has 0 N–H and O–H groups in total. The molecule has 3 heteroatoms. The molecule has 1 rings (SSSR count). The standard InChI is InChI=1S/C7H7.2ClH.Mg/c1-7-5-3-2-4-6-7;;;/h2-5H,1H3;2*1H;/q;;;+2/p-2. The van der Waals surface area contributed by atoms with Gasteiger partial charge >= 0.3 is 18.2 Å². The van der Waals surface area contributed by atoms with E-state index in [0.29, 0.717) is 0 Å². The van der Waals surface area contributed by atoms with Gasteiger partial charge in [-0.1, -0.05) is 24.3 Å². The molecule has 0 unspecified atom stereocenters. The molecule has 0 aromatic heterocycles. The van der Waals surface area contributed by atoms with Gasteiger partial charge in [0.15, 0.2) is 0 Å². The van der Waals surface area contributed by atoms with E-state index < -0.39 is 18.2 Å². The minimum absolute atomic E-state index is 0.639. The molecule has 0 atom stereocenters. The number of benzene rings is 1. The van der Waals surface area contributed by atoms with Crippen molar-refractivity contribution in [2.75, 3.05) is 0 Å². The van der Waals surface area contributed by atoms with E-state index in [9.17, 15) is 0 Å². The van der Waals surface area contributed by atoms with Crippen LogP contribution < -0.4 is 0 Å². The van der Waals surface area contributed by atoms with Crippen LogP contribution in [0.15, 0.2) is 24.3 Å². The second kappa shape index (κ2) is 7.67. The van der Waals surface area contributed by atoms with Crippen LogP contribution in [0.4, 0.5) is 0 Å². The lowest BCUT2D eigenvalue weighted by molar-refractivity contribution is 1.46. The van der Waals surface area contributed by atoms with Crippen LogP contribution >= 0.6 is 18.1 Å². The maximum atomic E-state index is 4.90. The second-order valence-corrected chi connectivity index (χ2v) is 4.27. The highest BCUT2D eigenvalue weighted by Gasteiger charge is 1.73. The fourth-order valence-electron chi connectivity index (χ4n) is 0.483. The monoisotopic (exact) mass is 185 g/mol. The van der Waals surface area contributed by atoms with Gasteiger partial charge in [-0.15, -0.1) is 0 Å². The first-order valence-electron chi connectivity index (χ1n) is 2.86. The van der Waals surface area contributed by atoms with Gasteiger partial charge in [0.1, 0.15) is 0 Å². The molecule has 1 aromatic rings. The van der Waals surface area contributed by atoms with Crippen LogP contribution in [-0.4, -0.2) is 18.2 Å². The molecule has 0 heterocycles. The second-order valence-electron chi connectivity index (χ2n) is 1.65. The van der Waals surface area contributed by atoms with E-state index in [2.05, 4.69) is 6.07 Å². The van der Waals surface area contributed by atoms with Crippen LogP contribution in [0.2, 0.25) is 0 Å². The Hall–Kier alpha value is 0.566. The minimum atomic E-state index is -0.639. The van der Waals surface area contributed by atoms with Crippen LogP contribution in [-0.2, 0) is 0 Å². The van der Waals surface area contributed by atoms with Gasteiger partial charge in [-0.05, 0) is 18.6 Å². The molecule has 0 aliphatic carbocycles. The van der Waals surface area contributed by atoms with Gasteiger partial charge in [-0.25, -0.2) is 0 Å². The first-order valence-corrected chi connectivity index (χ1v) is 7.14. The third-order valence-electron chi connectivity index (χ3n) is 0.865. The van der Waals surface area contributed by atoms with Gasteiger partial charge in [0.2, 0.25) is 0 Å². The van der Waals surface area contributed by atoms with Crippen molar-refractivity contribution in [3.05, 3.63) is 35.9 Å². The molecule has 1 aromatic carbocycles. The summed E-state index contributed by atoms with van der Waals surface area (Å²) in [5.41, 5.74) is 1.20.